The summed E-state index contributed by atoms with van der Waals surface area (Å²) in [6, 6.07) is 13.8. The van der Waals surface area contributed by atoms with Gasteiger partial charge in [0.15, 0.2) is 15.4 Å². The van der Waals surface area contributed by atoms with Crippen molar-refractivity contribution in [3.8, 4) is 5.75 Å². The minimum Gasteiger partial charge on any atom is -0.489 e. The Morgan fingerprint density at radius 3 is 2.76 bits per heavy atom. The van der Waals surface area contributed by atoms with Gasteiger partial charge in [0.1, 0.15) is 30.3 Å². The highest BCUT2D eigenvalue weighted by Crippen LogP contribution is 2.38. The second-order valence-corrected chi connectivity index (χ2v) is 13.2. The van der Waals surface area contributed by atoms with Gasteiger partial charge in [-0.3, -0.25) is 4.98 Å². The standard InChI is InChI=1S/C30H31BrFN5O4S/c1-2-42(38,39)14-12-33-11-10-30(9-4-13-41-30)28-17-24-26(18-34-28)35-20-36-29(24)37-23-7-8-27(25(31)16-23)40-19-21-5-3-6-22(32)15-21/h3-8,13,15-18,20,33H,2,9-12,14,19H2,1H3,(H,35,36,37). The number of benzene rings is 2. The van der Waals surface area contributed by atoms with Crippen molar-refractivity contribution in [1.29, 1.82) is 0 Å². The van der Waals surface area contributed by atoms with Gasteiger partial charge >= 0.3 is 0 Å². The number of pyridine rings is 1. The van der Waals surface area contributed by atoms with Crippen LogP contribution in [0.3, 0.4) is 0 Å². The van der Waals surface area contributed by atoms with Crippen molar-refractivity contribution in [1.82, 2.24) is 20.3 Å². The molecule has 9 nitrogen and oxygen atoms in total. The number of sulfone groups is 1. The first-order valence-electron chi connectivity index (χ1n) is 13.6. The number of anilines is 2. The Balaban J connectivity index is 1.30. The van der Waals surface area contributed by atoms with E-state index in [1.807, 2.05) is 36.4 Å². The van der Waals surface area contributed by atoms with E-state index in [2.05, 4.69) is 41.5 Å². The zero-order valence-corrected chi connectivity index (χ0v) is 25.4. The molecular weight excluding hydrogens is 625 g/mol. The molecule has 5 rings (SSSR count). The Morgan fingerprint density at radius 2 is 2.00 bits per heavy atom. The summed E-state index contributed by atoms with van der Waals surface area (Å²) in [6.45, 7) is 2.84. The van der Waals surface area contributed by atoms with E-state index in [9.17, 15) is 12.8 Å². The minimum absolute atomic E-state index is 0.104. The van der Waals surface area contributed by atoms with Crippen LogP contribution < -0.4 is 15.4 Å². The maximum absolute atomic E-state index is 13.5. The molecular formula is C30H31BrFN5O4S. The van der Waals surface area contributed by atoms with E-state index in [1.54, 1.807) is 25.4 Å². The number of hydrogen-bond acceptors (Lipinski definition) is 9. The first-order chi connectivity index (χ1) is 20.3. The minimum atomic E-state index is -3.02. The summed E-state index contributed by atoms with van der Waals surface area (Å²) in [5, 5.41) is 7.37. The van der Waals surface area contributed by atoms with E-state index in [1.165, 1.54) is 18.5 Å². The van der Waals surface area contributed by atoms with Crippen molar-refractivity contribution >= 4 is 48.2 Å². The Bertz CT molecular complexity index is 1690. The van der Waals surface area contributed by atoms with Gasteiger partial charge in [-0.25, -0.2) is 22.8 Å². The highest BCUT2D eigenvalue weighted by molar-refractivity contribution is 9.10. The molecule has 0 bridgehead atoms. The topological polar surface area (TPSA) is 115 Å². The fourth-order valence-corrected chi connectivity index (χ4v) is 5.87. The maximum atomic E-state index is 13.5. The van der Waals surface area contributed by atoms with Gasteiger partial charge < -0.3 is 20.1 Å². The van der Waals surface area contributed by atoms with Crippen LogP contribution in [0, 0.1) is 5.82 Å². The molecule has 0 radical (unpaired) electrons. The van der Waals surface area contributed by atoms with Gasteiger partial charge in [0.05, 0.1) is 33.9 Å². The number of fused-ring (bicyclic) bond motifs is 1. The summed E-state index contributed by atoms with van der Waals surface area (Å²) in [7, 11) is -3.02. The molecule has 2 aromatic carbocycles. The van der Waals surface area contributed by atoms with Gasteiger partial charge in [-0.2, -0.15) is 0 Å². The molecule has 0 aliphatic carbocycles. The lowest BCUT2D eigenvalue weighted by Crippen LogP contribution is -2.33. The van der Waals surface area contributed by atoms with E-state index >= 15 is 0 Å². The zero-order valence-electron chi connectivity index (χ0n) is 23.0. The van der Waals surface area contributed by atoms with Crippen molar-refractivity contribution in [3.05, 3.63) is 94.9 Å². The molecule has 3 heterocycles. The normalized spacial score (nSPS) is 16.5. The molecule has 1 atom stereocenters. The molecule has 1 unspecified atom stereocenters. The van der Waals surface area contributed by atoms with E-state index in [-0.39, 0.29) is 23.9 Å². The van der Waals surface area contributed by atoms with Gasteiger partial charge in [-0.05, 0) is 70.5 Å². The van der Waals surface area contributed by atoms with E-state index in [4.69, 9.17) is 9.47 Å². The van der Waals surface area contributed by atoms with Crippen molar-refractivity contribution < 1.29 is 22.3 Å². The lowest BCUT2D eigenvalue weighted by atomic mass is 9.91. The van der Waals surface area contributed by atoms with Crippen LogP contribution in [0.2, 0.25) is 0 Å². The second kappa shape index (κ2) is 13.1. The van der Waals surface area contributed by atoms with Crippen molar-refractivity contribution in [2.24, 2.45) is 0 Å². The SMILES string of the molecule is CCS(=O)(=O)CCNCCC1(c2cc3c(Nc4ccc(OCc5cccc(F)c5)c(Br)c4)ncnc3cn2)CC=CO1. The first-order valence-corrected chi connectivity index (χ1v) is 16.2. The lowest BCUT2D eigenvalue weighted by Gasteiger charge is -2.28. The predicted octanol–water partition coefficient (Wildman–Crippen LogP) is 5.79. The Kier molecular flexibility index (Phi) is 9.34. The summed E-state index contributed by atoms with van der Waals surface area (Å²) in [4.78, 5) is 13.6. The molecule has 1 aliphatic rings. The predicted molar refractivity (Wildman–Crippen MR) is 164 cm³/mol. The van der Waals surface area contributed by atoms with Gasteiger partial charge in [-0.1, -0.05) is 19.1 Å². The Hall–Kier alpha value is -3.61. The number of ether oxygens (including phenoxy) is 2. The third-order valence-corrected chi connectivity index (χ3v) is 9.36. The summed E-state index contributed by atoms with van der Waals surface area (Å²) < 4.78 is 49.8. The number of nitrogens with zero attached hydrogens (tertiary/aromatic N) is 3. The molecule has 42 heavy (non-hydrogen) atoms. The van der Waals surface area contributed by atoms with Crippen LogP contribution in [-0.4, -0.2) is 48.0 Å². The fraction of sp³-hybridized carbons (Fsp3) is 0.300. The van der Waals surface area contributed by atoms with E-state index < -0.39 is 15.4 Å². The zero-order chi connectivity index (χ0) is 29.6. The van der Waals surface area contributed by atoms with Crippen molar-refractivity contribution in [3.63, 3.8) is 0 Å². The van der Waals surface area contributed by atoms with E-state index in [0.29, 0.717) is 43.0 Å². The molecule has 12 heteroatoms. The molecule has 2 N–H and O–H groups in total. The smallest absolute Gasteiger partial charge is 0.154 e. The quantitative estimate of drug-likeness (QED) is 0.173. The molecule has 2 aromatic heterocycles. The molecule has 0 amide bonds. The monoisotopic (exact) mass is 655 g/mol. The molecule has 0 saturated carbocycles. The average molecular weight is 657 g/mol. The number of hydrogen-bond donors (Lipinski definition) is 2. The lowest BCUT2D eigenvalue weighted by molar-refractivity contribution is 0.0288. The Labute approximate surface area is 252 Å². The third-order valence-electron chi connectivity index (χ3n) is 7.04. The van der Waals surface area contributed by atoms with Crippen LogP contribution in [0.5, 0.6) is 5.75 Å². The average Bonchev–Trinajstić information content (AvgIpc) is 3.47. The van der Waals surface area contributed by atoms with Gasteiger partial charge in [0.25, 0.3) is 0 Å². The van der Waals surface area contributed by atoms with E-state index in [0.717, 1.165) is 26.8 Å². The van der Waals surface area contributed by atoms with Gasteiger partial charge in [0.2, 0.25) is 0 Å². The highest BCUT2D eigenvalue weighted by Gasteiger charge is 2.36. The summed E-state index contributed by atoms with van der Waals surface area (Å²) in [5.41, 5.74) is 2.25. The van der Waals surface area contributed by atoms with Gasteiger partial charge in [-0.15, -0.1) is 0 Å². The maximum Gasteiger partial charge on any atom is 0.154 e. The van der Waals surface area contributed by atoms with Crippen molar-refractivity contribution in [2.45, 2.75) is 32.0 Å². The van der Waals surface area contributed by atoms with Crippen LogP contribution in [0.15, 0.2) is 77.9 Å². The summed E-state index contributed by atoms with van der Waals surface area (Å²) in [5.74, 6) is 1.16. The van der Waals surface area contributed by atoms with Crippen LogP contribution in [-0.2, 0) is 26.8 Å². The Morgan fingerprint density at radius 1 is 1.12 bits per heavy atom. The first kappa shape index (κ1) is 29.9. The second-order valence-electron chi connectivity index (χ2n) is 9.92. The molecule has 4 aromatic rings. The van der Waals surface area contributed by atoms with Gasteiger partial charge in [0, 0.05) is 36.2 Å². The van der Waals surface area contributed by atoms with Crippen LogP contribution in [0.25, 0.3) is 10.9 Å². The van der Waals surface area contributed by atoms with Crippen LogP contribution in [0.4, 0.5) is 15.9 Å². The number of rotatable bonds is 13. The third kappa shape index (κ3) is 7.23. The highest BCUT2D eigenvalue weighted by atomic mass is 79.9. The molecule has 0 spiro atoms. The van der Waals surface area contributed by atoms with Crippen molar-refractivity contribution in [2.75, 3.05) is 29.9 Å². The fourth-order valence-electron chi connectivity index (χ4n) is 4.63. The number of nitrogens with one attached hydrogen (secondary N) is 2. The number of aromatic nitrogens is 3. The largest absolute Gasteiger partial charge is 0.489 e. The molecule has 220 valence electrons. The summed E-state index contributed by atoms with van der Waals surface area (Å²) >= 11 is 3.57. The molecule has 1 aliphatic heterocycles. The molecule has 0 saturated heterocycles. The van der Waals surface area contributed by atoms with Crippen LogP contribution in [0.1, 0.15) is 31.0 Å². The number of halogens is 2. The summed E-state index contributed by atoms with van der Waals surface area (Å²) in [6.07, 6.45) is 8.08. The molecule has 0 fully saturated rings. The van der Waals surface area contributed by atoms with Crippen LogP contribution >= 0.6 is 15.9 Å².